The van der Waals surface area contributed by atoms with Crippen molar-refractivity contribution in [1.29, 1.82) is 0 Å². The smallest absolute Gasteiger partial charge is 0.336 e. The molecule has 5 nitrogen and oxygen atoms in total. The number of carbonyl (C=O) groups excluding carboxylic acids is 1. The Balaban J connectivity index is 1.60. The van der Waals surface area contributed by atoms with Crippen LogP contribution in [-0.2, 0) is 19.0 Å². The molecule has 5 heteroatoms. The topological polar surface area (TPSA) is 65.0 Å². The van der Waals surface area contributed by atoms with Crippen molar-refractivity contribution in [2.45, 2.75) is 77.8 Å². The zero-order chi connectivity index (χ0) is 20.3. The summed E-state index contributed by atoms with van der Waals surface area (Å²) in [6, 6.07) is 0. The molecule has 0 aromatic heterocycles. The second-order valence-corrected chi connectivity index (χ2v) is 10.2. The second kappa shape index (κ2) is 6.68. The van der Waals surface area contributed by atoms with Crippen LogP contribution < -0.4 is 0 Å². The maximum Gasteiger partial charge on any atom is 0.336 e. The van der Waals surface area contributed by atoms with Crippen LogP contribution in [0.5, 0.6) is 0 Å². The minimum absolute atomic E-state index is 0.0127. The molecule has 0 aromatic carbocycles. The number of aliphatic hydroxyl groups excluding tert-OH is 1. The van der Waals surface area contributed by atoms with Crippen molar-refractivity contribution < 1.29 is 24.1 Å². The molecule has 2 heterocycles. The first-order valence-corrected chi connectivity index (χ1v) is 10.6. The van der Waals surface area contributed by atoms with E-state index in [9.17, 15) is 9.90 Å². The second-order valence-electron chi connectivity index (χ2n) is 10.2. The average molecular weight is 391 g/mol. The lowest BCUT2D eigenvalue weighted by Gasteiger charge is -2.63. The monoisotopic (exact) mass is 390 g/mol. The Labute approximate surface area is 168 Å². The molecule has 0 spiro atoms. The molecule has 2 aliphatic carbocycles. The van der Waals surface area contributed by atoms with Crippen LogP contribution in [0.2, 0.25) is 0 Å². The van der Waals surface area contributed by atoms with Gasteiger partial charge in [0, 0.05) is 5.41 Å². The largest absolute Gasteiger partial charge is 0.458 e. The summed E-state index contributed by atoms with van der Waals surface area (Å²) in [5, 5.41) is 10.8. The standard InChI is InChI=1S/C23H34O5/c1-14-6-7-18-22(4,16(14)12-17(24)15-9-11-26-20(15)25)10-8-19-23(18,5)13-27-21(2,3)28-19/h9,16-19,24H,1,6-8,10-13H2,2-5H3/t16-,17+,18+,19-,22+,23+/m1/s1. The van der Waals surface area contributed by atoms with Crippen LogP contribution in [0.15, 0.2) is 23.8 Å². The van der Waals surface area contributed by atoms with E-state index in [2.05, 4.69) is 20.4 Å². The van der Waals surface area contributed by atoms with Crippen molar-refractivity contribution in [3.63, 3.8) is 0 Å². The summed E-state index contributed by atoms with van der Waals surface area (Å²) < 4.78 is 17.4. The number of hydrogen-bond donors (Lipinski definition) is 1. The van der Waals surface area contributed by atoms with E-state index >= 15 is 0 Å². The van der Waals surface area contributed by atoms with Gasteiger partial charge in [0.25, 0.3) is 0 Å². The van der Waals surface area contributed by atoms with Crippen molar-refractivity contribution in [2.24, 2.45) is 22.7 Å². The number of allylic oxidation sites excluding steroid dienone is 1. The normalized spacial score (nSPS) is 43.6. The lowest BCUT2D eigenvalue weighted by atomic mass is 9.45. The molecule has 2 aliphatic heterocycles. The highest BCUT2D eigenvalue weighted by Gasteiger charge is 2.61. The van der Waals surface area contributed by atoms with E-state index in [4.69, 9.17) is 14.2 Å². The minimum Gasteiger partial charge on any atom is -0.458 e. The number of cyclic esters (lactones) is 1. The number of rotatable bonds is 3. The van der Waals surface area contributed by atoms with E-state index in [-0.39, 0.29) is 35.4 Å². The third-order valence-electron chi connectivity index (χ3n) is 8.04. The van der Waals surface area contributed by atoms with Crippen molar-refractivity contribution in [2.75, 3.05) is 13.2 Å². The van der Waals surface area contributed by atoms with Gasteiger partial charge in [0.05, 0.1) is 24.4 Å². The number of fused-ring (bicyclic) bond motifs is 3. The summed E-state index contributed by atoms with van der Waals surface area (Å²) >= 11 is 0. The Bertz CT molecular complexity index is 710. The predicted molar refractivity (Wildman–Crippen MR) is 105 cm³/mol. The summed E-state index contributed by atoms with van der Waals surface area (Å²) in [6.45, 7) is 14.0. The molecule has 0 unspecified atom stereocenters. The first-order chi connectivity index (χ1) is 13.1. The zero-order valence-electron chi connectivity index (χ0n) is 17.6. The van der Waals surface area contributed by atoms with Gasteiger partial charge in [-0.05, 0) is 69.3 Å². The van der Waals surface area contributed by atoms with Crippen LogP contribution in [0.3, 0.4) is 0 Å². The number of esters is 1. The van der Waals surface area contributed by atoms with E-state index in [1.165, 1.54) is 5.57 Å². The minimum atomic E-state index is -0.796. The van der Waals surface area contributed by atoms with Gasteiger partial charge in [0.2, 0.25) is 0 Å². The molecule has 1 saturated heterocycles. The van der Waals surface area contributed by atoms with E-state index in [1.807, 2.05) is 13.8 Å². The lowest BCUT2D eigenvalue weighted by Crippen LogP contribution is -2.63. The fourth-order valence-corrected chi connectivity index (χ4v) is 6.50. The van der Waals surface area contributed by atoms with Crippen molar-refractivity contribution in [3.05, 3.63) is 23.8 Å². The number of carbonyl (C=O) groups is 1. The van der Waals surface area contributed by atoms with Crippen LogP contribution in [0.25, 0.3) is 0 Å². The average Bonchev–Trinajstić information content (AvgIpc) is 3.05. The lowest BCUT2D eigenvalue weighted by molar-refractivity contribution is -0.344. The third kappa shape index (κ3) is 3.06. The molecule has 0 aromatic rings. The van der Waals surface area contributed by atoms with Gasteiger partial charge in [-0.3, -0.25) is 0 Å². The Kier molecular flexibility index (Phi) is 4.80. The predicted octanol–water partition coefficient (Wildman–Crippen LogP) is 3.76. The SMILES string of the molecule is C=C1CC[C@@H]2[C@]3(C)COC(C)(C)O[C@@H]3CC[C@@]2(C)[C@@H]1C[C@H](O)C1=CCOC1=O. The van der Waals surface area contributed by atoms with Gasteiger partial charge in [0.15, 0.2) is 5.79 Å². The first kappa shape index (κ1) is 20.1. The molecular weight excluding hydrogens is 356 g/mol. The quantitative estimate of drug-likeness (QED) is 0.587. The molecule has 1 N–H and O–H groups in total. The first-order valence-electron chi connectivity index (χ1n) is 10.6. The van der Waals surface area contributed by atoms with Crippen LogP contribution in [0.4, 0.5) is 0 Å². The maximum absolute atomic E-state index is 11.9. The van der Waals surface area contributed by atoms with Crippen molar-refractivity contribution in [1.82, 2.24) is 0 Å². The van der Waals surface area contributed by atoms with Crippen LogP contribution in [0.1, 0.15) is 59.8 Å². The van der Waals surface area contributed by atoms with Gasteiger partial charge in [-0.2, -0.15) is 0 Å². The number of hydrogen-bond acceptors (Lipinski definition) is 5. The van der Waals surface area contributed by atoms with Gasteiger partial charge in [-0.1, -0.05) is 26.0 Å². The molecule has 28 heavy (non-hydrogen) atoms. The third-order valence-corrected chi connectivity index (χ3v) is 8.04. The molecule has 6 atom stereocenters. The Morgan fingerprint density at radius 3 is 2.68 bits per heavy atom. The van der Waals surface area contributed by atoms with Crippen LogP contribution >= 0.6 is 0 Å². The number of ether oxygens (including phenoxy) is 3. The molecule has 0 bridgehead atoms. The molecule has 156 valence electrons. The van der Waals surface area contributed by atoms with E-state index in [1.54, 1.807) is 6.08 Å². The summed E-state index contributed by atoms with van der Waals surface area (Å²) in [4.78, 5) is 11.9. The summed E-state index contributed by atoms with van der Waals surface area (Å²) in [6.07, 6.45) is 5.69. The zero-order valence-corrected chi connectivity index (χ0v) is 17.6. The number of aliphatic hydroxyl groups is 1. The van der Waals surface area contributed by atoms with Gasteiger partial charge in [-0.25, -0.2) is 4.79 Å². The molecular formula is C23H34O5. The molecule has 4 rings (SSSR count). The molecule has 0 amide bonds. The van der Waals surface area contributed by atoms with E-state index in [0.717, 1.165) is 25.7 Å². The Hall–Kier alpha value is -1.17. The van der Waals surface area contributed by atoms with Crippen LogP contribution in [0, 0.1) is 22.7 Å². The van der Waals surface area contributed by atoms with Gasteiger partial charge in [0.1, 0.15) is 6.61 Å². The highest BCUT2D eigenvalue weighted by molar-refractivity contribution is 5.91. The van der Waals surface area contributed by atoms with Crippen LogP contribution in [-0.4, -0.2) is 42.3 Å². The Morgan fingerprint density at radius 1 is 1.25 bits per heavy atom. The molecule has 4 aliphatic rings. The summed E-state index contributed by atoms with van der Waals surface area (Å²) in [5.41, 5.74) is 1.57. The Morgan fingerprint density at radius 2 is 2.00 bits per heavy atom. The van der Waals surface area contributed by atoms with Crippen molar-refractivity contribution >= 4 is 5.97 Å². The maximum atomic E-state index is 11.9. The van der Waals surface area contributed by atoms with E-state index < -0.39 is 11.9 Å². The highest BCUT2D eigenvalue weighted by Crippen LogP contribution is 2.63. The summed E-state index contributed by atoms with van der Waals surface area (Å²) in [7, 11) is 0. The molecule has 2 saturated carbocycles. The fraction of sp³-hybridized carbons (Fsp3) is 0.783. The highest BCUT2D eigenvalue weighted by atomic mass is 16.7. The molecule has 3 fully saturated rings. The fourth-order valence-electron chi connectivity index (χ4n) is 6.50. The van der Waals surface area contributed by atoms with E-state index in [0.29, 0.717) is 24.5 Å². The van der Waals surface area contributed by atoms with Gasteiger partial charge in [-0.15, -0.1) is 0 Å². The molecule has 0 radical (unpaired) electrons. The summed E-state index contributed by atoms with van der Waals surface area (Å²) in [5.74, 6) is -0.311. The van der Waals surface area contributed by atoms with Gasteiger partial charge >= 0.3 is 5.97 Å². The van der Waals surface area contributed by atoms with Crippen molar-refractivity contribution in [3.8, 4) is 0 Å². The van der Waals surface area contributed by atoms with Gasteiger partial charge < -0.3 is 19.3 Å².